The van der Waals surface area contributed by atoms with E-state index in [4.69, 9.17) is 9.47 Å². The molecule has 1 unspecified atom stereocenters. The van der Waals surface area contributed by atoms with Gasteiger partial charge in [-0.2, -0.15) is 26.3 Å². The van der Waals surface area contributed by atoms with Gasteiger partial charge < -0.3 is 9.47 Å². The molecule has 1 heterocycles. The van der Waals surface area contributed by atoms with E-state index in [2.05, 4.69) is 22.6 Å². The van der Waals surface area contributed by atoms with Crippen LogP contribution in [0.3, 0.4) is 0 Å². The number of hydrogen-bond acceptors (Lipinski definition) is 2. The molecule has 0 bridgehead atoms. The molecular weight excluding hydrogens is 549 g/mol. The van der Waals surface area contributed by atoms with Gasteiger partial charge in [-0.05, 0) is 59.4 Å². The Hall–Kier alpha value is -1.33. The molecule has 0 aliphatic carbocycles. The average Bonchev–Trinajstić information content (AvgIpc) is 2.73. The Labute approximate surface area is 196 Å². The van der Waals surface area contributed by atoms with Crippen LogP contribution < -0.4 is 0 Å². The van der Waals surface area contributed by atoms with Gasteiger partial charge in [-0.3, -0.25) is 0 Å². The number of ether oxygens (including phenoxy) is 2. The summed E-state index contributed by atoms with van der Waals surface area (Å²) in [6, 6.07) is 11.1. The van der Waals surface area contributed by atoms with E-state index in [1.54, 1.807) is 0 Å². The maximum atomic E-state index is 13.2. The summed E-state index contributed by atoms with van der Waals surface area (Å²) < 4.78 is 92.2. The molecule has 1 aliphatic rings. The van der Waals surface area contributed by atoms with Gasteiger partial charge in [-0.25, -0.2) is 0 Å². The zero-order valence-electron chi connectivity index (χ0n) is 17.2. The monoisotopic (exact) mass is 572 g/mol. The van der Waals surface area contributed by atoms with Crippen LogP contribution in [0.15, 0.2) is 48.5 Å². The van der Waals surface area contributed by atoms with Crippen LogP contribution in [0.4, 0.5) is 26.3 Å². The van der Waals surface area contributed by atoms with E-state index >= 15 is 0 Å². The maximum absolute atomic E-state index is 13.2. The third-order valence-corrected chi connectivity index (χ3v) is 6.28. The first-order valence-corrected chi connectivity index (χ1v) is 11.7. The summed E-state index contributed by atoms with van der Waals surface area (Å²) in [7, 11) is 0. The van der Waals surface area contributed by atoms with E-state index in [1.165, 1.54) is 6.92 Å². The molecule has 9 heteroatoms. The van der Waals surface area contributed by atoms with Crippen LogP contribution in [-0.4, -0.2) is 17.3 Å². The van der Waals surface area contributed by atoms with Gasteiger partial charge in [0.2, 0.25) is 0 Å². The largest absolute Gasteiger partial charge is 0.416 e. The van der Waals surface area contributed by atoms with Crippen molar-refractivity contribution >= 4 is 22.6 Å². The summed E-state index contributed by atoms with van der Waals surface area (Å²) in [5.41, 5.74) is -1.94. The summed E-state index contributed by atoms with van der Waals surface area (Å²) in [6.45, 7) is 1.86. The third kappa shape index (κ3) is 6.17. The first-order chi connectivity index (χ1) is 15.0. The van der Waals surface area contributed by atoms with Crippen molar-refractivity contribution in [1.29, 1.82) is 0 Å². The molecule has 2 nitrogen and oxygen atoms in total. The van der Waals surface area contributed by atoms with Gasteiger partial charge in [-0.15, -0.1) is 0 Å². The van der Waals surface area contributed by atoms with Crippen LogP contribution in [0.5, 0.6) is 0 Å². The fraction of sp³-hybridized carbons (Fsp3) is 0.478. The molecule has 32 heavy (non-hydrogen) atoms. The highest BCUT2D eigenvalue weighted by Crippen LogP contribution is 2.42. The Morgan fingerprint density at radius 1 is 1.00 bits per heavy atom. The van der Waals surface area contributed by atoms with Crippen molar-refractivity contribution in [2.24, 2.45) is 5.92 Å². The van der Waals surface area contributed by atoms with E-state index in [-0.39, 0.29) is 23.5 Å². The van der Waals surface area contributed by atoms with Crippen LogP contribution in [0.1, 0.15) is 54.0 Å². The van der Waals surface area contributed by atoms with E-state index in [1.807, 2.05) is 30.3 Å². The van der Waals surface area contributed by atoms with E-state index in [0.717, 1.165) is 22.8 Å². The fourth-order valence-electron chi connectivity index (χ4n) is 4.03. The Bertz CT molecular complexity index is 850. The molecule has 0 aromatic heterocycles. The number of halogens is 7. The molecule has 0 amide bonds. The SMILES string of the molecule is CC(O[C@H]1OCC[C@@H](CCI)[C@@H]1c1ccccc1)c1cc(C(F)(F)F)cc(C(F)(F)F)c1. The lowest BCUT2D eigenvalue weighted by Crippen LogP contribution is -2.37. The first kappa shape index (κ1) is 25.3. The summed E-state index contributed by atoms with van der Waals surface area (Å²) in [5, 5.41) is 0. The lowest BCUT2D eigenvalue weighted by molar-refractivity contribution is -0.209. The van der Waals surface area contributed by atoms with Gasteiger partial charge in [0.1, 0.15) is 0 Å². The van der Waals surface area contributed by atoms with Crippen LogP contribution in [0.25, 0.3) is 0 Å². The highest BCUT2D eigenvalue weighted by atomic mass is 127. The quantitative estimate of drug-likeness (QED) is 0.200. The molecule has 0 radical (unpaired) electrons. The number of hydrogen-bond donors (Lipinski definition) is 0. The maximum Gasteiger partial charge on any atom is 0.416 e. The van der Waals surface area contributed by atoms with Gasteiger partial charge >= 0.3 is 12.4 Å². The molecule has 2 aromatic carbocycles. The fourth-order valence-corrected chi connectivity index (χ4v) is 4.83. The third-order valence-electron chi connectivity index (χ3n) is 5.65. The molecule has 0 spiro atoms. The van der Waals surface area contributed by atoms with Crippen LogP contribution in [0.2, 0.25) is 0 Å². The lowest BCUT2D eigenvalue weighted by Gasteiger charge is -2.39. The van der Waals surface area contributed by atoms with Crippen LogP contribution >= 0.6 is 22.6 Å². The van der Waals surface area contributed by atoms with Crippen molar-refractivity contribution in [3.8, 4) is 0 Å². The average molecular weight is 572 g/mol. The van der Waals surface area contributed by atoms with E-state index < -0.39 is 35.9 Å². The van der Waals surface area contributed by atoms with Crippen molar-refractivity contribution < 1.29 is 35.8 Å². The minimum absolute atomic E-state index is 0.122. The molecule has 2 aromatic rings. The van der Waals surface area contributed by atoms with Gasteiger partial charge in [0, 0.05) is 5.92 Å². The lowest BCUT2D eigenvalue weighted by atomic mass is 9.80. The van der Waals surface area contributed by atoms with Gasteiger partial charge in [0.05, 0.1) is 23.8 Å². The normalized spacial score (nSPS) is 23.2. The smallest absolute Gasteiger partial charge is 0.352 e. The Morgan fingerprint density at radius 2 is 1.59 bits per heavy atom. The van der Waals surface area contributed by atoms with Gasteiger partial charge in [-0.1, -0.05) is 52.9 Å². The second kappa shape index (κ2) is 10.3. The molecule has 0 N–H and O–H groups in total. The van der Waals surface area contributed by atoms with Crippen molar-refractivity contribution in [3.05, 3.63) is 70.8 Å². The summed E-state index contributed by atoms with van der Waals surface area (Å²) in [4.78, 5) is 0. The highest BCUT2D eigenvalue weighted by molar-refractivity contribution is 14.1. The zero-order valence-corrected chi connectivity index (χ0v) is 19.4. The van der Waals surface area contributed by atoms with Crippen molar-refractivity contribution in [2.75, 3.05) is 11.0 Å². The Balaban J connectivity index is 1.93. The zero-order chi connectivity index (χ0) is 23.5. The van der Waals surface area contributed by atoms with Crippen LogP contribution in [0, 0.1) is 5.92 Å². The minimum Gasteiger partial charge on any atom is -0.352 e. The number of alkyl halides is 7. The molecular formula is C23H23F6IO2. The molecule has 1 fully saturated rings. The van der Waals surface area contributed by atoms with Gasteiger partial charge in [0.25, 0.3) is 0 Å². The van der Waals surface area contributed by atoms with E-state index in [9.17, 15) is 26.3 Å². The van der Waals surface area contributed by atoms with Crippen molar-refractivity contribution in [3.63, 3.8) is 0 Å². The Morgan fingerprint density at radius 3 is 2.12 bits per heavy atom. The first-order valence-electron chi connectivity index (χ1n) is 10.2. The predicted octanol–water partition coefficient (Wildman–Crippen LogP) is 7.77. The number of rotatable bonds is 6. The second-order valence-electron chi connectivity index (χ2n) is 7.82. The van der Waals surface area contributed by atoms with Crippen LogP contribution in [-0.2, 0) is 21.8 Å². The standard InChI is InChI=1S/C23H23F6IO2/c1-14(17-11-18(22(24,25)26)13-19(12-17)23(27,28)29)32-21-20(15-5-3-2-4-6-15)16(7-9-30)8-10-31-21/h2-6,11-14,16,20-21H,7-10H2,1H3/t14?,16-,20+,21-/m1/s1. The number of benzene rings is 2. The molecule has 4 atom stereocenters. The molecule has 1 aliphatic heterocycles. The summed E-state index contributed by atoms with van der Waals surface area (Å²) in [6.07, 6.45) is -9.92. The minimum atomic E-state index is -4.91. The Kier molecular flexibility index (Phi) is 8.14. The highest BCUT2D eigenvalue weighted by Gasteiger charge is 2.39. The summed E-state index contributed by atoms with van der Waals surface area (Å²) in [5.74, 6) is 0.0579. The topological polar surface area (TPSA) is 18.5 Å². The van der Waals surface area contributed by atoms with E-state index in [0.29, 0.717) is 18.7 Å². The van der Waals surface area contributed by atoms with Gasteiger partial charge in [0.15, 0.2) is 6.29 Å². The molecule has 1 saturated heterocycles. The molecule has 0 saturated carbocycles. The predicted molar refractivity (Wildman–Crippen MR) is 116 cm³/mol. The molecule has 3 rings (SSSR count). The van der Waals surface area contributed by atoms with Crippen molar-refractivity contribution in [2.45, 2.75) is 50.4 Å². The summed E-state index contributed by atoms with van der Waals surface area (Å²) >= 11 is 2.29. The molecule has 176 valence electrons. The van der Waals surface area contributed by atoms with Crippen molar-refractivity contribution in [1.82, 2.24) is 0 Å². The second-order valence-corrected chi connectivity index (χ2v) is 8.90.